The predicted octanol–water partition coefficient (Wildman–Crippen LogP) is 4.41. The van der Waals surface area contributed by atoms with Crippen molar-refractivity contribution in [3.63, 3.8) is 0 Å². The molecule has 2 aromatic rings. The van der Waals surface area contributed by atoms with Crippen molar-refractivity contribution in [2.24, 2.45) is 11.8 Å². The second kappa shape index (κ2) is 7.48. The molecule has 2 atom stereocenters. The van der Waals surface area contributed by atoms with Crippen molar-refractivity contribution in [3.05, 3.63) is 58.1 Å². The van der Waals surface area contributed by atoms with E-state index in [0.717, 1.165) is 0 Å². The zero-order valence-corrected chi connectivity index (χ0v) is 15.4. The number of carbonyl (C=O) groups is 3. The zero-order valence-electron chi connectivity index (χ0n) is 13.9. The van der Waals surface area contributed by atoms with Gasteiger partial charge >= 0.3 is 0 Å². The number of anilines is 2. The molecule has 2 aromatic carbocycles. The molecule has 0 radical (unpaired) electrons. The number of carbonyl (C=O) groups excluding carboxylic acids is 3. The number of hydrogen-bond acceptors (Lipinski definition) is 3. The van der Waals surface area contributed by atoms with Crippen LogP contribution in [0.4, 0.5) is 11.4 Å². The standard InChI is InChI=1S/C19H16Cl2N2O3/c1-10(24)11-2-4-12(5-3-11)22-18(25)14-9-15(14)19(26)23-13-6-7-16(20)17(21)8-13/h2-8,14-15H,9H2,1H3,(H,22,25)(H,23,26). The largest absolute Gasteiger partial charge is 0.326 e. The summed E-state index contributed by atoms with van der Waals surface area (Å²) in [5, 5.41) is 6.26. The van der Waals surface area contributed by atoms with Gasteiger partial charge in [0.05, 0.1) is 21.9 Å². The molecule has 1 fully saturated rings. The number of Topliss-reactive ketones (excluding diaryl/α,β-unsaturated/α-hetero) is 1. The quantitative estimate of drug-likeness (QED) is 0.742. The Morgan fingerprint density at radius 2 is 1.38 bits per heavy atom. The zero-order chi connectivity index (χ0) is 18.8. The fourth-order valence-electron chi connectivity index (χ4n) is 2.61. The van der Waals surface area contributed by atoms with Gasteiger partial charge in [-0.25, -0.2) is 0 Å². The molecule has 2 unspecified atom stereocenters. The number of rotatable bonds is 5. The highest BCUT2D eigenvalue weighted by Gasteiger charge is 2.48. The lowest BCUT2D eigenvalue weighted by Crippen LogP contribution is -2.20. The van der Waals surface area contributed by atoms with Gasteiger partial charge in [-0.1, -0.05) is 23.2 Å². The molecule has 1 aliphatic carbocycles. The summed E-state index contributed by atoms with van der Waals surface area (Å²) < 4.78 is 0. The number of amides is 2. The van der Waals surface area contributed by atoms with Crippen molar-refractivity contribution >= 4 is 52.2 Å². The maximum absolute atomic E-state index is 12.3. The van der Waals surface area contributed by atoms with Crippen molar-refractivity contribution in [1.82, 2.24) is 0 Å². The molecular formula is C19H16Cl2N2O3. The smallest absolute Gasteiger partial charge is 0.228 e. The molecular weight excluding hydrogens is 375 g/mol. The first-order chi connectivity index (χ1) is 12.3. The van der Waals surface area contributed by atoms with E-state index in [1.165, 1.54) is 6.92 Å². The molecule has 3 rings (SSSR count). The second-order valence-electron chi connectivity index (χ2n) is 6.19. The lowest BCUT2D eigenvalue weighted by molar-refractivity contribution is -0.122. The minimum Gasteiger partial charge on any atom is -0.326 e. The highest BCUT2D eigenvalue weighted by atomic mass is 35.5. The van der Waals surface area contributed by atoms with Gasteiger partial charge in [-0.15, -0.1) is 0 Å². The number of benzene rings is 2. The van der Waals surface area contributed by atoms with Crippen LogP contribution in [0.2, 0.25) is 10.0 Å². The highest BCUT2D eigenvalue weighted by molar-refractivity contribution is 6.42. The topological polar surface area (TPSA) is 75.3 Å². The maximum Gasteiger partial charge on any atom is 0.228 e. The van der Waals surface area contributed by atoms with Crippen LogP contribution >= 0.6 is 23.2 Å². The third-order valence-corrected chi connectivity index (χ3v) is 4.95. The summed E-state index contributed by atoms with van der Waals surface area (Å²) in [6.45, 7) is 1.48. The molecule has 7 heteroatoms. The Morgan fingerprint density at radius 1 is 0.846 bits per heavy atom. The molecule has 1 saturated carbocycles. The van der Waals surface area contributed by atoms with Crippen LogP contribution in [-0.2, 0) is 9.59 Å². The molecule has 5 nitrogen and oxygen atoms in total. The summed E-state index contributed by atoms with van der Waals surface area (Å²) >= 11 is 11.8. The van der Waals surface area contributed by atoms with Crippen molar-refractivity contribution in [1.29, 1.82) is 0 Å². The Morgan fingerprint density at radius 3 is 1.92 bits per heavy atom. The summed E-state index contributed by atoms with van der Waals surface area (Å²) in [5.41, 5.74) is 1.71. The summed E-state index contributed by atoms with van der Waals surface area (Å²) in [7, 11) is 0. The first-order valence-electron chi connectivity index (χ1n) is 8.03. The lowest BCUT2D eigenvalue weighted by atomic mass is 10.1. The molecule has 0 spiro atoms. The minimum absolute atomic E-state index is 0.0379. The average Bonchev–Trinajstić information content (AvgIpc) is 3.39. The Hall–Kier alpha value is -2.37. The molecule has 134 valence electrons. The van der Waals surface area contributed by atoms with Gasteiger partial charge in [0.2, 0.25) is 11.8 Å². The van der Waals surface area contributed by atoms with E-state index in [0.29, 0.717) is 33.4 Å². The average molecular weight is 391 g/mol. The van der Waals surface area contributed by atoms with Crippen LogP contribution in [0.3, 0.4) is 0 Å². The molecule has 2 N–H and O–H groups in total. The third-order valence-electron chi connectivity index (χ3n) is 4.21. The van der Waals surface area contributed by atoms with E-state index in [1.807, 2.05) is 0 Å². The van der Waals surface area contributed by atoms with Crippen LogP contribution in [0.25, 0.3) is 0 Å². The van der Waals surface area contributed by atoms with Crippen LogP contribution in [0, 0.1) is 11.8 Å². The van der Waals surface area contributed by atoms with E-state index in [-0.39, 0.29) is 29.4 Å². The summed E-state index contributed by atoms with van der Waals surface area (Å²) in [4.78, 5) is 35.8. The molecule has 0 saturated heterocycles. The first kappa shape index (κ1) is 18.4. The molecule has 0 aliphatic heterocycles. The lowest BCUT2D eigenvalue weighted by Gasteiger charge is -2.07. The van der Waals surface area contributed by atoms with Crippen molar-refractivity contribution in [3.8, 4) is 0 Å². The molecule has 0 aromatic heterocycles. The molecule has 0 bridgehead atoms. The molecule has 0 heterocycles. The fraction of sp³-hybridized carbons (Fsp3) is 0.211. The van der Waals surface area contributed by atoms with Crippen LogP contribution in [0.5, 0.6) is 0 Å². The van der Waals surface area contributed by atoms with Crippen molar-refractivity contribution in [2.75, 3.05) is 10.6 Å². The predicted molar refractivity (Wildman–Crippen MR) is 102 cm³/mol. The summed E-state index contributed by atoms with van der Waals surface area (Å²) in [6, 6.07) is 11.5. The Labute approximate surface area is 160 Å². The van der Waals surface area contributed by atoms with E-state index >= 15 is 0 Å². The monoisotopic (exact) mass is 390 g/mol. The van der Waals surface area contributed by atoms with Gasteiger partial charge in [0.15, 0.2) is 5.78 Å². The van der Waals surface area contributed by atoms with E-state index in [4.69, 9.17) is 23.2 Å². The van der Waals surface area contributed by atoms with E-state index in [9.17, 15) is 14.4 Å². The normalized spacial score (nSPS) is 18.1. The number of ketones is 1. The number of hydrogen-bond donors (Lipinski definition) is 2. The molecule has 26 heavy (non-hydrogen) atoms. The van der Waals surface area contributed by atoms with Gasteiger partial charge in [0.25, 0.3) is 0 Å². The Kier molecular flexibility index (Phi) is 5.30. The third kappa shape index (κ3) is 4.23. The van der Waals surface area contributed by atoms with Gasteiger partial charge in [-0.05, 0) is 55.8 Å². The van der Waals surface area contributed by atoms with Gasteiger partial charge in [-0.2, -0.15) is 0 Å². The van der Waals surface area contributed by atoms with Crippen molar-refractivity contribution in [2.45, 2.75) is 13.3 Å². The molecule has 2 amide bonds. The summed E-state index contributed by atoms with van der Waals surface area (Å²) in [6.07, 6.45) is 0.491. The van der Waals surface area contributed by atoms with Crippen LogP contribution in [-0.4, -0.2) is 17.6 Å². The van der Waals surface area contributed by atoms with E-state index in [2.05, 4.69) is 10.6 Å². The van der Waals surface area contributed by atoms with Gasteiger partial charge in [-0.3, -0.25) is 14.4 Å². The van der Waals surface area contributed by atoms with Gasteiger partial charge < -0.3 is 10.6 Å². The molecule has 1 aliphatic rings. The first-order valence-corrected chi connectivity index (χ1v) is 8.78. The summed E-state index contributed by atoms with van der Waals surface area (Å²) in [5.74, 6) is -1.22. The fourth-order valence-corrected chi connectivity index (χ4v) is 2.90. The Bertz CT molecular complexity index is 881. The van der Waals surface area contributed by atoms with Crippen molar-refractivity contribution < 1.29 is 14.4 Å². The van der Waals surface area contributed by atoms with E-state index < -0.39 is 0 Å². The minimum atomic E-state index is -0.374. The van der Waals surface area contributed by atoms with Crippen LogP contribution < -0.4 is 10.6 Å². The van der Waals surface area contributed by atoms with Crippen LogP contribution in [0.1, 0.15) is 23.7 Å². The second-order valence-corrected chi connectivity index (χ2v) is 7.00. The highest BCUT2D eigenvalue weighted by Crippen LogP contribution is 2.40. The van der Waals surface area contributed by atoms with E-state index in [1.54, 1.807) is 42.5 Å². The van der Waals surface area contributed by atoms with Gasteiger partial charge in [0, 0.05) is 16.9 Å². The Balaban J connectivity index is 1.55. The number of halogens is 2. The van der Waals surface area contributed by atoms with Gasteiger partial charge in [0.1, 0.15) is 0 Å². The van der Waals surface area contributed by atoms with Crippen LogP contribution in [0.15, 0.2) is 42.5 Å². The number of nitrogens with one attached hydrogen (secondary N) is 2. The maximum atomic E-state index is 12.3. The SMILES string of the molecule is CC(=O)c1ccc(NC(=O)C2CC2C(=O)Nc2ccc(Cl)c(Cl)c2)cc1.